The van der Waals surface area contributed by atoms with Gasteiger partial charge in [-0.3, -0.25) is 9.59 Å². The summed E-state index contributed by atoms with van der Waals surface area (Å²) in [5.74, 6) is 1.57. The Balaban J connectivity index is 2.05. The Morgan fingerprint density at radius 2 is 1.67 bits per heavy atom. The minimum absolute atomic E-state index is 0.0295. The smallest absolute Gasteiger partial charge is 0.243 e. The highest BCUT2D eigenvalue weighted by Crippen LogP contribution is 2.17. The lowest BCUT2D eigenvalue weighted by Gasteiger charge is -2.31. The summed E-state index contributed by atoms with van der Waals surface area (Å²) in [5, 5.41) is 2.97. The van der Waals surface area contributed by atoms with Crippen LogP contribution in [0.25, 0.3) is 0 Å². The molecule has 0 aliphatic carbocycles. The number of nitrogens with one attached hydrogen (secondary N) is 1. The van der Waals surface area contributed by atoms with E-state index in [9.17, 15) is 9.59 Å². The number of hydrogen-bond acceptors (Lipinski definition) is 3. The van der Waals surface area contributed by atoms with Gasteiger partial charge in [-0.05, 0) is 38.3 Å². The molecule has 0 saturated heterocycles. The summed E-state index contributed by atoms with van der Waals surface area (Å²) in [6, 6.07) is 18.0. The lowest BCUT2D eigenvalue weighted by atomic mass is 10.1. The topological polar surface area (TPSA) is 49.4 Å². The molecule has 0 aliphatic heterocycles. The molecule has 5 heteroatoms. The van der Waals surface area contributed by atoms with Crippen LogP contribution in [0.3, 0.4) is 0 Å². The van der Waals surface area contributed by atoms with Gasteiger partial charge in [0.25, 0.3) is 0 Å². The van der Waals surface area contributed by atoms with Crippen LogP contribution in [0.15, 0.2) is 54.6 Å². The number of amides is 2. The van der Waals surface area contributed by atoms with Gasteiger partial charge in [0.2, 0.25) is 11.8 Å². The molecule has 0 unspecified atom stereocenters. The Bertz CT molecular complexity index is 791. The molecular weight excluding hydrogens is 392 g/mol. The van der Waals surface area contributed by atoms with Crippen LogP contribution in [0, 0.1) is 6.92 Å². The second-order valence-electron chi connectivity index (χ2n) is 7.88. The van der Waals surface area contributed by atoms with E-state index < -0.39 is 6.04 Å². The van der Waals surface area contributed by atoms with Crippen LogP contribution >= 0.6 is 11.8 Å². The molecule has 0 fully saturated rings. The van der Waals surface area contributed by atoms with Gasteiger partial charge in [-0.25, -0.2) is 0 Å². The number of nitrogens with zero attached hydrogens (tertiary/aromatic N) is 1. The van der Waals surface area contributed by atoms with Gasteiger partial charge in [0.1, 0.15) is 6.04 Å². The maximum Gasteiger partial charge on any atom is 0.243 e. The lowest BCUT2D eigenvalue weighted by Crippen LogP contribution is -2.50. The molecule has 0 radical (unpaired) electrons. The van der Waals surface area contributed by atoms with Crippen LogP contribution in [-0.4, -0.2) is 34.6 Å². The zero-order valence-corrected chi connectivity index (χ0v) is 19.4. The first-order valence-corrected chi connectivity index (χ1v) is 11.8. The molecule has 2 aromatic rings. The zero-order valence-electron chi connectivity index (χ0n) is 18.6. The molecule has 30 heavy (non-hydrogen) atoms. The third-order valence-corrected chi connectivity index (χ3v) is 5.89. The molecule has 0 spiro atoms. The molecule has 0 aromatic heterocycles. The molecule has 0 saturated carbocycles. The van der Waals surface area contributed by atoms with E-state index in [1.165, 1.54) is 11.1 Å². The van der Waals surface area contributed by atoms with E-state index in [0.29, 0.717) is 19.4 Å². The third-order valence-electron chi connectivity index (χ3n) is 4.86. The van der Waals surface area contributed by atoms with Gasteiger partial charge < -0.3 is 10.2 Å². The fourth-order valence-electron chi connectivity index (χ4n) is 3.26. The van der Waals surface area contributed by atoms with Crippen LogP contribution < -0.4 is 5.32 Å². The summed E-state index contributed by atoms with van der Waals surface area (Å²) < 4.78 is 0. The van der Waals surface area contributed by atoms with E-state index in [1.54, 1.807) is 16.7 Å². The van der Waals surface area contributed by atoms with E-state index in [0.717, 1.165) is 17.1 Å². The molecule has 2 aromatic carbocycles. The van der Waals surface area contributed by atoms with Gasteiger partial charge in [0.05, 0.1) is 0 Å². The fraction of sp³-hybridized carbons (Fsp3) is 0.440. The van der Waals surface area contributed by atoms with Gasteiger partial charge in [-0.1, -0.05) is 67.1 Å². The number of carbonyl (C=O) groups excluding carboxylic acids is 2. The highest BCUT2D eigenvalue weighted by atomic mass is 32.2. The normalized spacial score (nSPS) is 11.9. The Morgan fingerprint density at radius 1 is 1.00 bits per heavy atom. The largest absolute Gasteiger partial charge is 0.352 e. The van der Waals surface area contributed by atoms with Crippen molar-refractivity contribution < 1.29 is 9.59 Å². The molecule has 0 aliphatic rings. The van der Waals surface area contributed by atoms with Crippen LogP contribution in [0.4, 0.5) is 0 Å². The SMILES string of the molecule is CC[C@H](C(=O)NC(C)C)N(Cc1ccc(C)cc1)C(=O)CCSCc1ccccc1. The summed E-state index contributed by atoms with van der Waals surface area (Å²) in [6.45, 7) is 8.34. The first-order valence-electron chi connectivity index (χ1n) is 10.7. The van der Waals surface area contributed by atoms with E-state index in [1.807, 2.05) is 70.2 Å². The number of aryl methyl sites for hydroxylation is 1. The molecule has 4 nitrogen and oxygen atoms in total. The standard InChI is InChI=1S/C25H34N2O2S/c1-5-23(25(29)26-19(2)3)27(17-21-13-11-20(4)12-14-21)24(28)15-16-30-18-22-9-7-6-8-10-22/h6-14,19,23H,5,15-18H2,1-4H3,(H,26,29)/t23-/m1/s1. The van der Waals surface area contributed by atoms with Crippen LogP contribution in [0.2, 0.25) is 0 Å². The van der Waals surface area contributed by atoms with Crippen molar-refractivity contribution in [1.29, 1.82) is 0 Å². The number of carbonyl (C=O) groups is 2. The Morgan fingerprint density at radius 3 is 2.27 bits per heavy atom. The highest BCUT2D eigenvalue weighted by molar-refractivity contribution is 7.98. The van der Waals surface area contributed by atoms with Crippen molar-refractivity contribution in [2.45, 2.75) is 64.9 Å². The molecule has 2 amide bonds. The number of benzene rings is 2. The summed E-state index contributed by atoms with van der Waals surface area (Å²) in [6.07, 6.45) is 1.02. The van der Waals surface area contributed by atoms with Gasteiger partial charge >= 0.3 is 0 Å². The maximum atomic E-state index is 13.1. The van der Waals surface area contributed by atoms with Crippen molar-refractivity contribution in [3.8, 4) is 0 Å². The molecule has 1 N–H and O–H groups in total. The first-order chi connectivity index (χ1) is 14.4. The predicted molar refractivity (Wildman–Crippen MR) is 126 cm³/mol. The second-order valence-corrected chi connectivity index (χ2v) is 8.99. The monoisotopic (exact) mass is 426 g/mol. The van der Waals surface area contributed by atoms with Crippen molar-refractivity contribution >= 4 is 23.6 Å². The Kier molecular flexibility index (Phi) is 9.95. The summed E-state index contributed by atoms with van der Waals surface area (Å²) >= 11 is 1.75. The van der Waals surface area contributed by atoms with Gasteiger partial charge in [-0.2, -0.15) is 11.8 Å². The Labute approximate surface area is 185 Å². The third kappa shape index (κ3) is 7.86. The van der Waals surface area contributed by atoms with Crippen molar-refractivity contribution in [3.05, 3.63) is 71.3 Å². The number of rotatable bonds is 11. The summed E-state index contributed by atoms with van der Waals surface area (Å²) in [4.78, 5) is 27.7. The van der Waals surface area contributed by atoms with Gasteiger partial charge in [-0.15, -0.1) is 0 Å². The van der Waals surface area contributed by atoms with Crippen LogP contribution in [0.5, 0.6) is 0 Å². The molecule has 1 atom stereocenters. The van der Waals surface area contributed by atoms with Crippen molar-refractivity contribution in [2.75, 3.05) is 5.75 Å². The first kappa shape index (κ1) is 24.0. The Hall–Kier alpha value is -2.27. The highest BCUT2D eigenvalue weighted by Gasteiger charge is 2.28. The molecule has 2 rings (SSSR count). The average molecular weight is 427 g/mol. The number of hydrogen-bond donors (Lipinski definition) is 1. The molecule has 0 bridgehead atoms. The minimum atomic E-state index is -0.458. The van der Waals surface area contributed by atoms with Gasteiger partial charge in [0.15, 0.2) is 0 Å². The van der Waals surface area contributed by atoms with E-state index in [4.69, 9.17) is 0 Å². The number of thioether (sulfide) groups is 1. The maximum absolute atomic E-state index is 13.1. The van der Waals surface area contributed by atoms with E-state index in [-0.39, 0.29) is 17.9 Å². The molecule has 0 heterocycles. The average Bonchev–Trinajstić information content (AvgIpc) is 2.72. The lowest BCUT2D eigenvalue weighted by molar-refractivity contribution is -0.141. The van der Waals surface area contributed by atoms with Crippen LogP contribution in [-0.2, 0) is 21.9 Å². The van der Waals surface area contributed by atoms with E-state index >= 15 is 0 Å². The fourth-order valence-corrected chi connectivity index (χ4v) is 4.15. The minimum Gasteiger partial charge on any atom is -0.352 e. The van der Waals surface area contributed by atoms with E-state index in [2.05, 4.69) is 17.4 Å². The van der Waals surface area contributed by atoms with Gasteiger partial charge in [0, 0.05) is 30.5 Å². The van der Waals surface area contributed by atoms with Crippen molar-refractivity contribution in [2.24, 2.45) is 0 Å². The summed E-state index contributed by atoms with van der Waals surface area (Å²) in [7, 11) is 0. The van der Waals surface area contributed by atoms with Crippen LogP contribution in [0.1, 0.15) is 50.3 Å². The second kappa shape index (κ2) is 12.4. The molecular formula is C25H34N2O2S. The quantitative estimate of drug-likeness (QED) is 0.517. The zero-order chi connectivity index (χ0) is 21.9. The van der Waals surface area contributed by atoms with Crippen molar-refractivity contribution in [3.63, 3.8) is 0 Å². The summed E-state index contributed by atoms with van der Waals surface area (Å²) in [5.41, 5.74) is 3.48. The predicted octanol–water partition coefficient (Wildman–Crippen LogP) is 4.95. The van der Waals surface area contributed by atoms with Crippen molar-refractivity contribution in [1.82, 2.24) is 10.2 Å². The molecule has 162 valence electrons.